The number of benzene rings is 2. The van der Waals surface area contributed by atoms with Crippen molar-refractivity contribution >= 4 is 11.8 Å². The molecule has 0 spiro atoms. The molecule has 0 unspecified atom stereocenters. The molecule has 1 aliphatic heterocycles. The van der Waals surface area contributed by atoms with E-state index in [0.717, 1.165) is 23.1 Å². The lowest BCUT2D eigenvalue weighted by Crippen LogP contribution is -2.38. The summed E-state index contributed by atoms with van der Waals surface area (Å²) in [5.41, 5.74) is 2.98. The molecule has 1 saturated heterocycles. The van der Waals surface area contributed by atoms with Gasteiger partial charge in [0.15, 0.2) is 0 Å². The second-order valence-corrected chi connectivity index (χ2v) is 7.02. The Morgan fingerprint density at radius 3 is 2.07 bits per heavy atom. The van der Waals surface area contributed by atoms with E-state index in [9.17, 15) is 14.0 Å². The maximum atomic E-state index is 13.0. The Balaban J connectivity index is 1.55. The molecule has 1 aliphatic rings. The highest BCUT2D eigenvalue weighted by molar-refractivity contribution is 5.80. The Kier molecular flexibility index (Phi) is 6.22. The van der Waals surface area contributed by atoms with Crippen molar-refractivity contribution in [2.45, 2.75) is 26.2 Å². The fourth-order valence-electron chi connectivity index (χ4n) is 3.39. The SMILES string of the molecule is Cc1ccccc1CC(=O)N1CCCN(C(=O)Cc2ccc(F)cc2)CC1. The van der Waals surface area contributed by atoms with Gasteiger partial charge in [-0.15, -0.1) is 0 Å². The van der Waals surface area contributed by atoms with E-state index in [1.54, 1.807) is 12.1 Å². The van der Waals surface area contributed by atoms with Crippen molar-refractivity contribution in [1.82, 2.24) is 9.80 Å². The van der Waals surface area contributed by atoms with Gasteiger partial charge < -0.3 is 9.80 Å². The Morgan fingerprint density at radius 1 is 0.852 bits per heavy atom. The van der Waals surface area contributed by atoms with Crippen molar-refractivity contribution < 1.29 is 14.0 Å². The third kappa shape index (κ3) is 5.16. The first-order chi connectivity index (χ1) is 13.0. The summed E-state index contributed by atoms with van der Waals surface area (Å²) >= 11 is 0. The number of hydrogen-bond donors (Lipinski definition) is 0. The number of rotatable bonds is 4. The third-order valence-electron chi connectivity index (χ3n) is 5.07. The number of hydrogen-bond acceptors (Lipinski definition) is 2. The predicted octanol–water partition coefficient (Wildman–Crippen LogP) is 2.98. The van der Waals surface area contributed by atoms with Crippen LogP contribution in [0.4, 0.5) is 4.39 Å². The fraction of sp³-hybridized carbons (Fsp3) is 0.364. The molecule has 142 valence electrons. The lowest BCUT2D eigenvalue weighted by Gasteiger charge is -2.22. The van der Waals surface area contributed by atoms with Gasteiger partial charge in [0, 0.05) is 26.2 Å². The Bertz CT molecular complexity index is 804. The van der Waals surface area contributed by atoms with E-state index < -0.39 is 0 Å². The first-order valence-electron chi connectivity index (χ1n) is 9.37. The van der Waals surface area contributed by atoms with Gasteiger partial charge in [-0.3, -0.25) is 9.59 Å². The van der Waals surface area contributed by atoms with Crippen LogP contribution in [0.3, 0.4) is 0 Å². The fourth-order valence-corrected chi connectivity index (χ4v) is 3.39. The Labute approximate surface area is 159 Å². The summed E-state index contributed by atoms with van der Waals surface area (Å²) in [6.07, 6.45) is 1.43. The van der Waals surface area contributed by atoms with E-state index in [1.807, 2.05) is 41.0 Å². The van der Waals surface area contributed by atoms with E-state index in [2.05, 4.69) is 0 Å². The average molecular weight is 368 g/mol. The minimum atomic E-state index is -0.302. The van der Waals surface area contributed by atoms with Crippen LogP contribution in [0.1, 0.15) is 23.1 Å². The van der Waals surface area contributed by atoms with Crippen LogP contribution in [-0.2, 0) is 22.4 Å². The van der Waals surface area contributed by atoms with Gasteiger partial charge in [0.1, 0.15) is 5.82 Å². The van der Waals surface area contributed by atoms with Gasteiger partial charge >= 0.3 is 0 Å². The number of carbonyl (C=O) groups excluding carboxylic acids is 2. The van der Waals surface area contributed by atoms with E-state index >= 15 is 0 Å². The average Bonchev–Trinajstić information content (AvgIpc) is 2.92. The summed E-state index contributed by atoms with van der Waals surface area (Å²) in [6, 6.07) is 14.0. The highest BCUT2D eigenvalue weighted by Crippen LogP contribution is 2.12. The smallest absolute Gasteiger partial charge is 0.227 e. The van der Waals surface area contributed by atoms with Crippen LogP contribution in [-0.4, -0.2) is 47.8 Å². The van der Waals surface area contributed by atoms with E-state index in [-0.39, 0.29) is 24.1 Å². The quantitative estimate of drug-likeness (QED) is 0.832. The van der Waals surface area contributed by atoms with Gasteiger partial charge in [0.05, 0.1) is 12.8 Å². The van der Waals surface area contributed by atoms with Crippen LogP contribution in [0, 0.1) is 12.7 Å². The molecule has 2 aromatic carbocycles. The summed E-state index contributed by atoms with van der Waals surface area (Å²) in [4.78, 5) is 28.9. The molecule has 2 amide bonds. The molecule has 0 atom stereocenters. The van der Waals surface area contributed by atoms with Crippen molar-refractivity contribution in [2.24, 2.45) is 0 Å². The highest BCUT2D eigenvalue weighted by atomic mass is 19.1. The number of aryl methyl sites for hydroxylation is 1. The maximum Gasteiger partial charge on any atom is 0.227 e. The van der Waals surface area contributed by atoms with Gasteiger partial charge in [-0.25, -0.2) is 4.39 Å². The molecule has 0 aliphatic carbocycles. The second kappa shape index (κ2) is 8.80. The molecule has 0 N–H and O–H groups in total. The van der Waals surface area contributed by atoms with Crippen LogP contribution >= 0.6 is 0 Å². The lowest BCUT2D eigenvalue weighted by atomic mass is 10.1. The molecule has 1 heterocycles. The molecular weight excluding hydrogens is 343 g/mol. The molecule has 27 heavy (non-hydrogen) atoms. The molecule has 0 radical (unpaired) electrons. The van der Waals surface area contributed by atoms with Crippen molar-refractivity contribution in [3.8, 4) is 0 Å². The summed E-state index contributed by atoms with van der Waals surface area (Å²) < 4.78 is 13.0. The maximum absolute atomic E-state index is 13.0. The molecular formula is C22H25FN2O2. The Hall–Kier alpha value is -2.69. The first kappa shape index (κ1) is 19.1. The molecule has 3 rings (SSSR count). The van der Waals surface area contributed by atoms with Crippen LogP contribution in [0.5, 0.6) is 0 Å². The normalized spacial score (nSPS) is 14.7. The van der Waals surface area contributed by atoms with Crippen LogP contribution in [0.15, 0.2) is 48.5 Å². The largest absolute Gasteiger partial charge is 0.341 e. The van der Waals surface area contributed by atoms with E-state index in [0.29, 0.717) is 32.6 Å². The molecule has 5 heteroatoms. The molecule has 0 aromatic heterocycles. The minimum Gasteiger partial charge on any atom is -0.341 e. The summed E-state index contributed by atoms with van der Waals surface area (Å²) in [6.45, 7) is 4.43. The molecule has 1 fully saturated rings. The lowest BCUT2D eigenvalue weighted by molar-refractivity contribution is -0.132. The van der Waals surface area contributed by atoms with E-state index in [4.69, 9.17) is 0 Å². The van der Waals surface area contributed by atoms with Crippen molar-refractivity contribution in [2.75, 3.05) is 26.2 Å². The zero-order valence-electron chi connectivity index (χ0n) is 15.7. The van der Waals surface area contributed by atoms with Gasteiger partial charge in [0.2, 0.25) is 11.8 Å². The molecule has 0 bridgehead atoms. The molecule has 4 nitrogen and oxygen atoms in total. The summed E-state index contributed by atoms with van der Waals surface area (Å²) in [7, 11) is 0. The number of carbonyl (C=O) groups is 2. The topological polar surface area (TPSA) is 40.6 Å². The zero-order valence-corrected chi connectivity index (χ0v) is 15.7. The van der Waals surface area contributed by atoms with Crippen molar-refractivity contribution in [1.29, 1.82) is 0 Å². The minimum absolute atomic E-state index is 0.0230. The standard InChI is InChI=1S/C22H25FN2O2/c1-17-5-2-3-6-19(17)16-22(27)25-12-4-11-24(13-14-25)21(26)15-18-7-9-20(23)10-8-18/h2-3,5-10H,4,11-16H2,1H3. The summed E-state index contributed by atoms with van der Waals surface area (Å²) in [5, 5.41) is 0. The van der Waals surface area contributed by atoms with Gasteiger partial charge in [-0.2, -0.15) is 0 Å². The van der Waals surface area contributed by atoms with Crippen molar-refractivity contribution in [3.05, 3.63) is 71.0 Å². The van der Waals surface area contributed by atoms with Gasteiger partial charge in [-0.1, -0.05) is 36.4 Å². The van der Waals surface area contributed by atoms with Gasteiger partial charge in [0.25, 0.3) is 0 Å². The molecule has 2 aromatic rings. The second-order valence-electron chi connectivity index (χ2n) is 7.02. The third-order valence-corrected chi connectivity index (χ3v) is 5.07. The zero-order chi connectivity index (χ0) is 19.2. The number of nitrogens with zero attached hydrogens (tertiary/aromatic N) is 2. The number of halogens is 1. The van der Waals surface area contributed by atoms with Crippen LogP contribution in [0.2, 0.25) is 0 Å². The summed E-state index contributed by atoms with van der Waals surface area (Å²) in [5.74, 6) is -0.171. The highest BCUT2D eigenvalue weighted by Gasteiger charge is 2.22. The molecule has 0 saturated carbocycles. The monoisotopic (exact) mass is 368 g/mol. The number of amides is 2. The first-order valence-corrected chi connectivity index (χ1v) is 9.37. The Morgan fingerprint density at radius 2 is 1.44 bits per heavy atom. The van der Waals surface area contributed by atoms with Crippen LogP contribution < -0.4 is 0 Å². The van der Waals surface area contributed by atoms with Crippen LogP contribution in [0.25, 0.3) is 0 Å². The van der Waals surface area contributed by atoms with Crippen molar-refractivity contribution in [3.63, 3.8) is 0 Å². The van der Waals surface area contributed by atoms with E-state index in [1.165, 1.54) is 12.1 Å². The predicted molar refractivity (Wildman–Crippen MR) is 103 cm³/mol. The van der Waals surface area contributed by atoms with Gasteiger partial charge in [-0.05, 0) is 42.2 Å².